The van der Waals surface area contributed by atoms with Crippen LogP contribution < -0.4 is 9.47 Å². The van der Waals surface area contributed by atoms with Crippen LogP contribution in [0.25, 0.3) is 0 Å². The van der Waals surface area contributed by atoms with E-state index in [1.807, 2.05) is 43.3 Å². The molecule has 6 nitrogen and oxygen atoms in total. The van der Waals surface area contributed by atoms with Gasteiger partial charge in [-0.15, -0.1) is 0 Å². The zero-order chi connectivity index (χ0) is 22.0. The number of amides is 1. The first-order chi connectivity index (χ1) is 15.0. The molecule has 1 atom stereocenters. The summed E-state index contributed by atoms with van der Waals surface area (Å²) in [6.07, 6.45) is 0.463. The van der Waals surface area contributed by atoms with Crippen LogP contribution in [0.3, 0.4) is 0 Å². The Morgan fingerprint density at radius 2 is 1.71 bits per heavy atom. The SMILES string of the molecule is COc1ccc([C@H]2CC(c3ccccc3O)=NN2C(=O)c2ccc(C)cc2)cc1OC. The number of rotatable bonds is 5. The average molecular weight is 416 g/mol. The van der Waals surface area contributed by atoms with Gasteiger partial charge in [-0.05, 0) is 48.9 Å². The first-order valence-corrected chi connectivity index (χ1v) is 10.00. The number of hydrazone groups is 1. The van der Waals surface area contributed by atoms with E-state index in [0.717, 1.165) is 11.1 Å². The fourth-order valence-electron chi connectivity index (χ4n) is 3.73. The number of carbonyl (C=O) groups excluding carboxylic acids is 1. The molecule has 31 heavy (non-hydrogen) atoms. The number of hydrogen-bond donors (Lipinski definition) is 1. The highest BCUT2D eigenvalue weighted by Crippen LogP contribution is 2.39. The van der Waals surface area contributed by atoms with Gasteiger partial charge in [0.1, 0.15) is 5.75 Å². The number of phenolic OH excluding ortho intramolecular Hbond substituents is 1. The third-order valence-corrected chi connectivity index (χ3v) is 5.42. The minimum absolute atomic E-state index is 0.136. The van der Waals surface area contributed by atoms with Crippen molar-refractivity contribution in [3.05, 3.63) is 89.0 Å². The maximum atomic E-state index is 13.4. The summed E-state index contributed by atoms with van der Waals surface area (Å²) in [5.41, 5.74) is 3.77. The zero-order valence-corrected chi connectivity index (χ0v) is 17.7. The number of phenols is 1. The lowest BCUT2D eigenvalue weighted by Crippen LogP contribution is -2.27. The normalized spacial score (nSPS) is 15.5. The van der Waals surface area contributed by atoms with Crippen LogP contribution in [0.4, 0.5) is 0 Å². The molecule has 0 saturated heterocycles. The number of aryl methyl sites for hydroxylation is 1. The molecule has 0 bridgehead atoms. The molecule has 1 aliphatic heterocycles. The number of carbonyl (C=O) groups is 1. The third kappa shape index (κ3) is 3.97. The second-order valence-corrected chi connectivity index (χ2v) is 7.41. The van der Waals surface area contributed by atoms with E-state index >= 15 is 0 Å². The van der Waals surface area contributed by atoms with Gasteiger partial charge in [-0.1, -0.05) is 35.9 Å². The van der Waals surface area contributed by atoms with Crippen molar-refractivity contribution in [2.45, 2.75) is 19.4 Å². The molecule has 3 aromatic carbocycles. The van der Waals surface area contributed by atoms with Gasteiger partial charge in [0.05, 0.1) is 26.0 Å². The highest BCUT2D eigenvalue weighted by Gasteiger charge is 2.34. The second-order valence-electron chi connectivity index (χ2n) is 7.41. The molecule has 1 N–H and O–H groups in total. The second kappa shape index (κ2) is 8.52. The molecular weight excluding hydrogens is 392 g/mol. The predicted octanol–water partition coefficient (Wildman–Crippen LogP) is 4.71. The van der Waals surface area contributed by atoms with E-state index in [9.17, 15) is 9.90 Å². The molecule has 0 fully saturated rings. The first-order valence-electron chi connectivity index (χ1n) is 10.00. The molecule has 4 rings (SSSR count). The minimum atomic E-state index is -0.344. The van der Waals surface area contributed by atoms with E-state index in [4.69, 9.17) is 9.47 Å². The number of methoxy groups -OCH3 is 2. The Kier molecular flexibility index (Phi) is 5.62. The Hall–Kier alpha value is -3.80. The summed E-state index contributed by atoms with van der Waals surface area (Å²) in [6.45, 7) is 1.98. The Labute approximate surface area is 181 Å². The monoisotopic (exact) mass is 416 g/mol. The molecular formula is C25H24N2O4. The molecule has 158 valence electrons. The molecule has 0 saturated carbocycles. The van der Waals surface area contributed by atoms with Crippen LogP contribution >= 0.6 is 0 Å². The summed E-state index contributed by atoms with van der Waals surface area (Å²) in [4.78, 5) is 13.4. The van der Waals surface area contributed by atoms with E-state index in [1.54, 1.807) is 44.6 Å². The van der Waals surface area contributed by atoms with Crippen molar-refractivity contribution in [1.29, 1.82) is 0 Å². The lowest BCUT2D eigenvalue weighted by Gasteiger charge is -2.23. The fraction of sp³-hybridized carbons (Fsp3) is 0.200. The lowest BCUT2D eigenvalue weighted by atomic mass is 9.97. The van der Waals surface area contributed by atoms with Gasteiger partial charge >= 0.3 is 0 Å². The number of benzene rings is 3. The number of nitrogens with zero attached hydrogens (tertiary/aromatic N) is 2. The smallest absolute Gasteiger partial charge is 0.274 e. The molecule has 1 amide bonds. The molecule has 0 radical (unpaired) electrons. The quantitative estimate of drug-likeness (QED) is 0.654. The van der Waals surface area contributed by atoms with Crippen molar-refractivity contribution in [3.63, 3.8) is 0 Å². The number of aromatic hydroxyl groups is 1. The Bertz CT molecular complexity index is 1140. The highest BCUT2D eigenvalue weighted by atomic mass is 16.5. The molecule has 1 aliphatic rings. The van der Waals surface area contributed by atoms with E-state index in [1.165, 1.54) is 5.01 Å². The topological polar surface area (TPSA) is 71.4 Å². The van der Waals surface area contributed by atoms with Gasteiger partial charge < -0.3 is 14.6 Å². The van der Waals surface area contributed by atoms with Crippen molar-refractivity contribution >= 4 is 11.6 Å². The van der Waals surface area contributed by atoms with E-state index < -0.39 is 0 Å². The molecule has 1 heterocycles. The van der Waals surface area contributed by atoms with Crippen molar-refractivity contribution in [2.75, 3.05) is 14.2 Å². The van der Waals surface area contributed by atoms with Gasteiger partial charge in [0.2, 0.25) is 0 Å². The average Bonchev–Trinajstić information content (AvgIpc) is 3.24. The van der Waals surface area contributed by atoms with Gasteiger partial charge in [-0.3, -0.25) is 4.79 Å². The summed E-state index contributed by atoms with van der Waals surface area (Å²) >= 11 is 0. The van der Waals surface area contributed by atoms with Gasteiger partial charge in [0.15, 0.2) is 11.5 Å². The van der Waals surface area contributed by atoms with Crippen molar-refractivity contribution < 1.29 is 19.4 Å². The number of ether oxygens (including phenoxy) is 2. The van der Waals surface area contributed by atoms with Crippen LogP contribution in [0.2, 0.25) is 0 Å². The number of para-hydroxylation sites is 1. The van der Waals surface area contributed by atoms with Crippen LogP contribution in [0.1, 0.15) is 39.5 Å². The van der Waals surface area contributed by atoms with E-state index in [2.05, 4.69) is 5.10 Å². The summed E-state index contributed by atoms with van der Waals surface area (Å²) in [5, 5.41) is 16.5. The van der Waals surface area contributed by atoms with Crippen molar-refractivity contribution in [3.8, 4) is 17.2 Å². The van der Waals surface area contributed by atoms with Gasteiger partial charge in [0, 0.05) is 17.5 Å². The molecule has 0 spiro atoms. The zero-order valence-electron chi connectivity index (χ0n) is 17.7. The summed E-state index contributed by atoms with van der Waals surface area (Å²) in [7, 11) is 3.16. The van der Waals surface area contributed by atoms with E-state index in [0.29, 0.717) is 34.8 Å². The molecule has 0 unspecified atom stereocenters. The standard InChI is InChI=1S/C25H24N2O4/c1-16-8-10-17(11-9-16)25(29)27-21(18-12-13-23(30-2)24(14-18)31-3)15-20(26-27)19-6-4-5-7-22(19)28/h4-14,21,28H,15H2,1-3H3/t21-/m1/s1. The number of hydrogen-bond acceptors (Lipinski definition) is 5. The molecule has 6 heteroatoms. The van der Waals surface area contributed by atoms with Crippen LogP contribution in [-0.4, -0.2) is 36.0 Å². The molecule has 3 aromatic rings. The summed E-state index contributed by atoms with van der Waals surface area (Å²) in [5.74, 6) is 1.13. The van der Waals surface area contributed by atoms with Gasteiger partial charge in [-0.2, -0.15) is 5.10 Å². The maximum absolute atomic E-state index is 13.4. The maximum Gasteiger partial charge on any atom is 0.274 e. The minimum Gasteiger partial charge on any atom is -0.507 e. The molecule has 0 aromatic heterocycles. The molecule has 0 aliphatic carbocycles. The summed E-state index contributed by atoms with van der Waals surface area (Å²) in [6, 6.07) is 19.7. The van der Waals surface area contributed by atoms with Crippen molar-refractivity contribution in [1.82, 2.24) is 5.01 Å². The fourth-order valence-corrected chi connectivity index (χ4v) is 3.73. The van der Waals surface area contributed by atoms with Crippen LogP contribution in [0, 0.1) is 6.92 Å². The Balaban J connectivity index is 1.77. The Morgan fingerprint density at radius 3 is 2.39 bits per heavy atom. The van der Waals surface area contributed by atoms with Crippen molar-refractivity contribution in [2.24, 2.45) is 5.10 Å². The van der Waals surface area contributed by atoms with Crippen LogP contribution in [0.15, 0.2) is 71.8 Å². The largest absolute Gasteiger partial charge is 0.507 e. The van der Waals surface area contributed by atoms with Gasteiger partial charge in [-0.25, -0.2) is 5.01 Å². The predicted molar refractivity (Wildman–Crippen MR) is 119 cm³/mol. The van der Waals surface area contributed by atoms with Crippen LogP contribution in [-0.2, 0) is 0 Å². The van der Waals surface area contributed by atoms with E-state index in [-0.39, 0.29) is 17.7 Å². The highest BCUT2D eigenvalue weighted by molar-refractivity contribution is 6.06. The van der Waals surface area contributed by atoms with Gasteiger partial charge in [0.25, 0.3) is 5.91 Å². The summed E-state index contributed by atoms with van der Waals surface area (Å²) < 4.78 is 10.8. The third-order valence-electron chi connectivity index (χ3n) is 5.42. The Morgan fingerprint density at radius 1 is 1.00 bits per heavy atom. The lowest BCUT2D eigenvalue weighted by molar-refractivity contribution is 0.0711. The van der Waals surface area contributed by atoms with Crippen LogP contribution in [0.5, 0.6) is 17.2 Å². The first kappa shape index (κ1) is 20.5.